The SMILES string of the molecule is CC(OCCC1CCNC1)C(=O)Nc1ccccc1. The van der Waals surface area contributed by atoms with Gasteiger partial charge in [0.25, 0.3) is 5.91 Å². The molecule has 1 amide bonds. The second-order valence-electron chi connectivity index (χ2n) is 5.02. The number of carbonyl (C=O) groups excluding carboxylic acids is 1. The van der Waals surface area contributed by atoms with E-state index in [4.69, 9.17) is 4.74 Å². The lowest BCUT2D eigenvalue weighted by atomic mass is 10.1. The van der Waals surface area contributed by atoms with Crippen molar-refractivity contribution in [3.63, 3.8) is 0 Å². The van der Waals surface area contributed by atoms with E-state index < -0.39 is 6.10 Å². The number of hydrogen-bond acceptors (Lipinski definition) is 3. The molecule has 2 unspecified atom stereocenters. The second kappa shape index (κ2) is 7.26. The molecule has 2 rings (SSSR count). The van der Waals surface area contributed by atoms with Crippen molar-refractivity contribution in [1.29, 1.82) is 0 Å². The van der Waals surface area contributed by atoms with Gasteiger partial charge in [-0.3, -0.25) is 4.79 Å². The fraction of sp³-hybridized carbons (Fsp3) is 0.533. The van der Waals surface area contributed by atoms with Crippen molar-refractivity contribution in [1.82, 2.24) is 5.32 Å². The maximum absolute atomic E-state index is 11.9. The van der Waals surface area contributed by atoms with Crippen LogP contribution < -0.4 is 10.6 Å². The van der Waals surface area contributed by atoms with E-state index >= 15 is 0 Å². The van der Waals surface area contributed by atoms with E-state index in [1.807, 2.05) is 30.3 Å². The summed E-state index contributed by atoms with van der Waals surface area (Å²) in [5.74, 6) is 0.611. The molecule has 0 radical (unpaired) electrons. The number of rotatable bonds is 6. The molecule has 1 aromatic carbocycles. The van der Waals surface area contributed by atoms with E-state index in [1.165, 1.54) is 6.42 Å². The van der Waals surface area contributed by atoms with Crippen LogP contribution in [-0.4, -0.2) is 31.7 Å². The van der Waals surface area contributed by atoms with Gasteiger partial charge >= 0.3 is 0 Å². The minimum absolute atomic E-state index is 0.0873. The summed E-state index contributed by atoms with van der Waals surface area (Å²) in [6, 6.07) is 9.46. The molecule has 4 heteroatoms. The number of nitrogens with one attached hydrogen (secondary N) is 2. The Morgan fingerprint density at radius 1 is 1.47 bits per heavy atom. The lowest BCUT2D eigenvalue weighted by molar-refractivity contribution is -0.126. The minimum Gasteiger partial charge on any atom is -0.369 e. The number of benzene rings is 1. The van der Waals surface area contributed by atoms with E-state index in [9.17, 15) is 4.79 Å². The van der Waals surface area contributed by atoms with Gasteiger partial charge in [0, 0.05) is 12.3 Å². The smallest absolute Gasteiger partial charge is 0.253 e. The number of ether oxygens (including phenoxy) is 1. The van der Waals surface area contributed by atoms with Gasteiger partial charge in [0.15, 0.2) is 0 Å². The Kier molecular flexibility index (Phi) is 5.36. The average molecular weight is 262 g/mol. The molecule has 2 N–H and O–H groups in total. The molecule has 1 aromatic rings. The zero-order chi connectivity index (χ0) is 13.5. The highest BCUT2D eigenvalue weighted by Crippen LogP contribution is 2.13. The Labute approximate surface area is 114 Å². The van der Waals surface area contributed by atoms with E-state index in [-0.39, 0.29) is 5.91 Å². The normalized spacial score (nSPS) is 20.2. The van der Waals surface area contributed by atoms with Crippen LogP contribution in [-0.2, 0) is 9.53 Å². The van der Waals surface area contributed by atoms with Crippen molar-refractivity contribution in [3.05, 3.63) is 30.3 Å². The zero-order valence-corrected chi connectivity index (χ0v) is 11.4. The molecule has 19 heavy (non-hydrogen) atoms. The van der Waals surface area contributed by atoms with Crippen LogP contribution in [0.25, 0.3) is 0 Å². The third-order valence-electron chi connectivity index (χ3n) is 3.47. The number of para-hydroxylation sites is 1. The van der Waals surface area contributed by atoms with E-state index in [1.54, 1.807) is 6.92 Å². The fourth-order valence-corrected chi connectivity index (χ4v) is 2.21. The summed E-state index contributed by atoms with van der Waals surface area (Å²) in [6.07, 6.45) is 1.83. The van der Waals surface area contributed by atoms with Gasteiger partial charge in [0.2, 0.25) is 0 Å². The predicted octanol–water partition coefficient (Wildman–Crippen LogP) is 2.03. The van der Waals surface area contributed by atoms with Crippen LogP contribution in [0.5, 0.6) is 0 Å². The first kappa shape index (κ1) is 14.0. The third-order valence-corrected chi connectivity index (χ3v) is 3.47. The van der Waals surface area contributed by atoms with Gasteiger partial charge in [-0.25, -0.2) is 0 Å². The maximum Gasteiger partial charge on any atom is 0.253 e. The summed E-state index contributed by atoms with van der Waals surface area (Å²) in [7, 11) is 0. The Morgan fingerprint density at radius 3 is 2.95 bits per heavy atom. The molecule has 0 saturated carbocycles. The van der Waals surface area contributed by atoms with E-state index in [2.05, 4.69) is 10.6 Å². The van der Waals surface area contributed by atoms with Crippen molar-refractivity contribution in [2.45, 2.75) is 25.9 Å². The molecular formula is C15H22N2O2. The molecule has 4 nitrogen and oxygen atoms in total. The first-order valence-electron chi connectivity index (χ1n) is 6.94. The minimum atomic E-state index is -0.408. The maximum atomic E-state index is 11.9. The van der Waals surface area contributed by atoms with Crippen LogP contribution in [0, 0.1) is 5.92 Å². The number of hydrogen-bond donors (Lipinski definition) is 2. The molecule has 104 valence electrons. The van der Waals surface area contributed by atoms with Crippen molar-refractivity contribution in [2.75, 3.05) is 25.0 Å². The van der Waals surface area contributed by atoms with Gasteiger partial charge in [0.05, 0.1) is 0 Å². The van der Waals surface area contributed by atoms with Gasteiger partial charge in [-0.2, -0.15) is 0 Å². The second-order valence-corrected chi connectivity index (χ2v) is 5.02. The molecule has 0 aromatic heterocycles. The van der Waals surface area contributed by atoms with Crippen molar-refractivity contribution >= 4 is 11.6 Å². The summed E-state index contributed by atoms with van der Waals surface area (Å²) in [4.78, 5) is 11.9. The summed E-state index contributed by atoms with van der Waals surface area (Å²) in [5, 5.41) is 6.17. The Hall–Kier alpha value is -1.39. The first-order chi connectivity index (χ1) is 9.25. The summed E-state index contributed by atoms with van der Waals surface area (Å²) >= 11 is 0. The van der Waals surface area contributed by atoms with E-state index in [0.29, 0.717) is 12.5 Å². The quantitative estimate of drug-likeness (QED) is 0.824. The Balaban J connectivity index is 1.67. The number of anilines is 1. The van der Waals surface area contributed by atoms with E-state index in [0.717, 1.165) is 25.2 Å². The summed E-state index contributed by atoms with van der Waals surface area (Å²) in [5.41, 5.74) is 0.808. The standard InChI is InChI=1S/C15H22N2O2/c1-12(19-10-8-13-7-9-16-11-13)15(18)17-14-5-3-2-4-6-14/h2-6,12-13,16H,7-11H2,1H3,(H,17,18). The van der Waals surface area contributed by atoms with Crippen molar-refractivity contribution < 1.29 is 9.53 Å². The molecule has 1 aliphatic heterocycles. The van der Waals surface area contributed by atoms with Gasteiger partial charge in [-0.05, 0) is 50.9 Å². The molecule has 1 aliphatic rings. The molecule has 0 bridgehead atoms. The molecule has 0 spiro atoms. The van der Waals surface area contributed by atoms with Crippen LogP contribution in [0.2, 0.25) is 0 Å². The highest BCUT2D eigenvalue weighted by atomic mass is 16.5. The third kappa shape index (κ3) is 4.65. The summed E-state index contributed by atoms with van der Waals surface area (Å²) < 4.78 is 5.60. The molecular weight excluding hydrogens is 240 g/mol. The molecule has 1 saturated heterocycles. The highest BCUT2D eigenvalue weighted by Gasteiger charge is 2.17. The van der Waals surface area contributed by atoms with Crippen molar-refractivity contribution in [3.8, 4) is 0 Å². The predicted molar refractivity (Wildman–Crippen MR) is 76.1 cm³/mol. The monoisotopic (exact) mass is 262 g/mol. The molecule has 2 atom stereocenters. The lowest BCUT2D eigenvalue weighted by Gasteiger charge is -2.15. The lowest BCUT2D eigenvalue weighted by Crippen LogP contribution is -2.28. The van der Waals surface area contributed by atoms with Crippen LogP contribution in [0.4, 0.5) is 5.69 Å². The highest BCUT2D eigenvalue weighted by molar-refractivity contribution is 5.93. The molecule has 0 aliphatic carbocycles. The average Bonchev–Trinajstić information content (AvgIpc) is 2.93. The van der Waals surface area contributed by atoms with Crippen molar-refractivity contribution in [2.24, 2.45) is 5.92 Å². The Morgan fingerprint density at radius 2 is 2.26 bits per heavy atom. The number of amides is 1. The molecule has 1 fully saturated rings. The largest absolute Gasteiger partial charge is 0.369 e. The Bertz CT molecular complexity index is 388. The number of carbonyl (C=O) groups is 1. The topological polar surface area (TPSA) is 50.4 Å². The van der Waals surface area contributed by atoms with Crippen LogP contribution in [0.1, 0.15) is 19.8 Å². The van der Waals surface area contributed by atoms with Crippen LogP contribution in [0.15, 0.2) is 30.3 Å². The van der Waals surface area contributed by atoms with Crippen LogP contribution >= 0.6 is 0 Å². The first-order valence-corrected chi connectivity index (χ1v) is 6.94. The van der Waals surface area contributed by atoms with Gasteiger partial charge in [-0.1, -0.05) is 18.2 Å². The van der Waals surface area contributed by atoms with Gasteiger partial charge < -0.3 is 15.4 Å². The molecule has 1 heterocycles. The fourth-order valence-electron chi connectivity index (χ4n) is 2.21. The van der Waals surface area contributed by atoms with Crippen LogP contribution in [0.3, 0.4) is 0 Å². The zero-order valence-electron chi connectivity index (χ0n) is 11.4. The van der Waals surface area contributed by atoms with Gasteiger partial charge in [0.1, 0.15) is 6.10 Å². The summed E-state index contributed by atoms with van der Waals surface area (Å²) in [6.45, 7) is 4.63. The van der Waals surface area contributed by atoms with Gasteiger partial charge in [-0.15, -0.1) is 0 Å².